The molecule has 1 aliphatic rings. The number of nitrogens with one attached hydrogen (secondary N) is 2. The van der Waals surface area contributed by atoms with Gasteiger partial charge in [-0.25, -0.2) is 13.1 Å². The van der Waals surface area contributed by atoms with Gasteiger partial charge in [-0.15, -0.1) is 0 Å². The maximum Gasteiger partial charge on any atom is 0.240 e. The number of aryl methyl sites for hydroxylation is 2. The second kappa shape index (κ2) is 8.82. The molecule has 7 nitrogen and oxygen atoms in total. The molecule has 1 unspecified atom stereocenters. The molecule has 164 valence electrons. The van der Waals surface area contributed by atoms with Crippen LogP contribution in [0.25, 0.3) is 11.0 Å². The molecule has 0 saturated heterocycles. The Kier molecular flexibility index (Phi) is 6.13. The van der Waals surface area contributed by atoms with Crippen LogP contribution in [0.15, 0.2) is 52.0 Å². The van der Waals surface area contributed by atoms with E-state index in [0.29, 0.717) is 5.69 Å². The number of hydrogen-bond donors (Lipinski definition) is 2. The predicted octanol–water partition coefficient (Wildman–Crippen LogP) is 3.42. The van der Waals surface area contributed by atoms with Gasteiger partial charge in [-0.05, 0) is 73.7 Å². The summed E-state index contributed by atoms with van der Waals surface area (Å²) >= 11 is 0. The molecule has 0 fully saturated rings. The molecule has 4 rings (SSSR count). The highest BCUT2D eigenvalue weighted by molar-refractivity contribution is 7.89. The maximum absolute atomic E-state index is 12.6. The Hall–Kier alpha value is -2.68. The molecule has 1 amide bonds. The molecule has 0 aliphatic heterocycles. The van der Waals surface area contributed by atoms with Crippen molar-refractivity contribution >= 4 is 32.6 Å². The summed E-state index contributed by atoms with van der Waals surface area (Å²) in [7, 11) is -2.14. The van der Waals surface area contributed by atoms with Gasteiger partial charge in [0.25, 0.3) is 0 Å². The predicted molar refractivity (Wildman–Crippen MR) is 119 cm³/mol. The van der Waals surface area contributed by atoms with Crippen molar-refractivity contribution < 1.29 is 22.4 Å². The molecule has 1 heterocycles. The number of fused-ring (bicyclic) bond motifs is 2. The topological polar surface area (TPSA) is 97.6 Å². The summed E-state index contributed by atoms with van der Waals surface area (Å²) in [6, 6.07) is 9.96. The molecule has 3 aromatic rings. The zero-order chi connectivity index (χ0) is 22.0. The van der Waals surface area contributed by atoms with Gasteiger partial charge in [-0.1, -0.05) is 0 Å². The van der Waals surface area contributed by atoms with Crippen molar-refractivity contribution in [2.24, 2.45) is 0 Å². The first kappa shape index (κ1) is 21.5. The smallest absolute Gasteiger partial charge is 0.240 e. The third-order valence-corrected chi connectivity index (χ3v) is 7.05. The van der Waals surface area contributed by atoms with Crippen LogP contribution in [-0.4, -0.2) is 34.1 Å². The number of methoxy groups -OCH3 is 1. The standard InChI is InChI=1S/C23H26N2O5S/c1-15(13-29-2)25-31(27,28)20-8-6-19(7-9-20)24-23(26)12-18-14-30-22-11-17-5-3-4-16(17)10-21(18)22/h6-11,14-15,25H,3-5,12-13H2,1-2H3,(H,24,26). The number of carbonyl (C=O) groups excluding carboxylic acids is 1. The van der Waals surface area contributed by atoms with E-state index in [1.807, 2.05) is 0 Å². The highest BCUT2D eigenvalue weighted by Crippen LogP contribution is 2.30. The summed E-state index contributed by atoms with van der Waals surface area (Å²) in [5.74, 6) is -0.189. The molecule has 1 aromatic heterocycles. The maximum atomic E-state index is 12.6. The zero-order valence-electron chi connectivity index (χ0n) is 17.6. The van der Waals surface area contributed by atoms with Gasteiger partial charge < -0.3 is 14.5 Å². The first-order chi connectivity index (χ1) is 14.9. The van der Waals surface area contributed by atoms with E-state index in [0.717, 1.165) is 35.8 Å². The van der Waals surface area contributed by atoms with Crippen molar-refractivity contribution in [2.45, 2.75) is 43.5 Å². The molecule has 1 atom stereocenters. The van der Waals surface area contributed by atoms with E-state index in [2.05, 4.69) is 22.2 Å². The zero-order valence-corrected chi connectivity index (χ0v) is 18.4. The lowest BCUT2D eigenvalue weighted by Gasteiger charge is -2.13. The van der Waals surface area contributed by atoms with E-state index < -0.39 is 10.0 Å². The van der Waals surface area contributed by atoms with E-state index in [4.69, 9.17) is 9.15 Å². The Morgan fingerprint density at radius 3 is 2.58 bits per heavy atom. The van der Waals surface area contributed by atoms with Crippen molar-refractivity contribution in [3.63, 3.8) is 0 Å². The van der Waals surface area contributed by atoms with Crippen molar-refractivity contribution in [1.82, 2.24) is 4.72 Å². The number of rotatable bonds is 8. The number of benzene rings is 2. The van der Waals surface area contributed by atoms with Gasteiger partial charge in [0, 0.05) is 29.8 Å². The molecule has 2 aromatic carbocycles. The van der Waals surface area contributed by atoms with Gasteiger partial charge in [-0.2, -0.15) is 0 Å². The van der Waals surface area contributed by atoms with Crippen LogP contribution in [0.4, 0.5) is 5.69 Å². The van der Waals surface area contributed by atoms with E-state index in [-0.39, 0.29) is 29.9 Å². The molecule has 8 heteroatoms. The minimum atomic E-state index is -3.65. The average molecular weight is 443 g/mol. The molecule has 1 aliphatic carbocycles. The van der Waals surface area contributed by atoms with Crippen LogP contribution < -0.4 is 10.0 Å². The van der Waals surface area contributed by atoms with E-state index in [9.17, 15) is 13.2 Å². The van der Waals surface area contributed by atoms with E-state index in [1.54, 1.807) is 25.3 Å². The fraction of sp³-hybridized carbons (Fsp3) is 0.348. The third kappa shape index (κ3) is 4.81. The lowest BCUT2D eigenvalue weighted by Crippen LogP contribution is -2.35. The van der Waals surface area contributed by atoms with Crippen molar-refractivity contribution in [3.8, 4) is 0 Å². The Bertz CT molecular complexity index is 1200. The molecular formula is C23H26N2O5S. The Morgan fingerprint density at radius 2 is 1.87 bits per heavy atom. The Morgan fingerprint density at radius 1 is 1.16 bits per heavy atom. The van der Waals surface area contributed by atoms with Crippen LogP contribution in [0.5, 0.6) is 0 Å². The van der Waals surface area contributed by atoms with Crippen LogP contribution in [-0.2, 0) is 38.8 Å². The van der Waals surface area contributed by atoms with Crippen molar-refractivity contribution in [3.05, 3.63) is 59.4 Å². The van der Waals surface area contributed by atoms with Crippen LogP contribution in [0.2, 0.25) is 0 Å². The second-order valence-corrected chi connectivity index (χ2v) is 9.67. The Balaban J connectivity index is 1.42. The molecule has 0 saturated carbocycles. The third-order valence-electron chi connectivity index (χ3n) is 5.44. The number of amides is 1. The Labute approximate surface area is 181 Å². The number of sulfonamides is 1. The number of ether oxygens (including phenoxy) is 1. The van der Waals surface area contributed by atoms with Gasteiger partial charge in [0.15, 0.2) is 0 Å². The average Bonchev–Trinajstić information content (AvgIpc) is 3.33. The largest absolute Gasteiger partial charge is 0.464 e. The van der Waals surface area contributed by atoms with Gasteiger partial charge >= 0.3 is 0 Å². The molecule has 31 heavy (non-hydrogen) atoms. The molecule has 0 bridgehead atoms. The summed E-state index contributed by atoms with van der Waals surface area (Å²) in [5, 5.41) is 3.80. The number of furan rings is 1. The summed E-state index contributed by atoms with van der Waals surface area (Å²) in [4.78, 5) is 12.7. The van der Waals surface area contributed by atoms with Crippen LogP contribution in [0.1, 0.15) is 30.0 Å². The number of carbonyl (C=O) groups is 1. The van der Waals surface area contributed by atoms with Gasteiger partial charge in [-0.3, -0.25) is 4.79 Å². The highest BCUT2D eigenvalue weighted by atomic mass is 32.2. The van der Waals surface area contributed by atoms with Crippen LogP contribution in [0.3, 0.4) is 0 Å². The van der Waals surface area contributed by atoms with Crippen molar-refractivity contribution in [2.75, 3.05) is 19.0 Å². The minimum absolute atomic E-state index is 0.128. The quantitative estimate of drug-likeness (QED) is 0.557. The lowest BCUT2D eigenvalue weighted by molar-refractivity contribution is -0.115. The highest BCUT2D eigenvalue weighted by Gasteiger charge is 2.19. The molecular weight excluding hydrogens is 416 g/mol. The van der Waals surface area contributed by atoms with Crippen LogP contribution >= 0.6 is 0 Å². The normalized spacial score (nSPS) is 14.5. The first-order valence-electron chi connectivity index (χ1n) is 10.3. The summed E-state index contributed by atoms with van der Waals surface area (Å²) in [6.45, 7) is 2.00. The van der Waals surface area contributed by atoms with Gasteiger partial charge in [0.05, 0.1) is 24.2 Å². The summed E-state index contributed by atoms with van der Waals surface area (Å²) < 4.78 is 38.0. The number of hydrogen-bond acceptors (Lipinski definition) is 5. The van der Waals surface area contributed by atoms with Gasteiger partial charge in [0.2, 0.25) is 15.9 Å². The minimum Gasteiger partial charge on any atom is -0.464 e. The fourth-order valence-electron chi connectivity index (χ4n) is 4.00. The lowest BCUT2D eigenvalue weighted by atomic mass is 10.0. The summed E-state index contributed by atoms with van der Waals surface area (Å²) in [6.07, 6.45) is 5.12. The number of anilines is 1. The summed E-state index contributed by atoms with van der Waals surface area (Å²) in [5.41, 5.74) is 4.85. The monoisotopic (exact) mass is 442 g/mol. The second-order valence-electron chi connectivity index (χ2n) is 7.96. The van der Waals surface area contributed by atoms with Gasteiger partial charge in [0.1, 0.15) is 5.58 Å². The molecule has 0 spiro atoms. The van der Waals surface area contributed by atoms with Crippen molar-refractivity contribution in [1.29, 1.82) is 0 Å². The SMILES string of the molecule is COCC(C)NS(=O)(=O)c1ccc(NC(=O)Cc2coc3cc4c(cc23)CCC4)cc1. The fourth-order valence-corrected chi connectivity index (χ4v) is 5.23. The van der Waals surface area contributed by atoms with Crippen LogP contribution in [0, 0.1) is 0 Å². The molecule has 0 radical (unpaired) electrons. The van der Waals surface area contributed by atoms with E-state index in [1.165, 1.54) is 30.4 Å². The molecule has 2 N–H and O–H groups in total. The van der Waals surface area contributed by atoms with E-state index >= 15 is 0 Å². The first-order valence-corrected chi connectivity index (χ1v) is 11.8.